The average molecular weight is 659 g/mol. The van der Waals surface area contributed by atoms with Crippen LogP contribution in [0.15, 0.2) is 167 Å². The Morgan fingerprint density at radius 2 is 1.12 bits per heavy atom. The number of benzene rings is 6. The normalized spacial score (nSPS) is 14.1. The summed E-state index contributed by atoms with van der Waals surface area (Å²) in [5, 5.41) is 5.06. The van der Waals surface area contributed by atoms with Crippen LogP contribution in [0, 0.1) is 0 Å². The molecular weight excluding hydrogens is 633 g/mol. The third-order valence-electron chi connectivity index (χ3n) is 11.0. The van der Waals surface area contributed by atoms with Crippen molar-refractivity contribution in [1.29, 1.82) is 0 Å². The van der Waals surface area contributed by atoms with Crippen molar-refractivity contribution in [3.8, 4) is 17.2 Å². The molecule has 6 aromatic carbocycles. The summed E-state index contributed by atoms with van der Waals surface area (Å²) < 4.78 is 17.4. The zero-order valence-corrected chi connectivity index (χ0v) is 27.4. The predicted molar refractivity (Wildman–Crippen MR) is 204 cm³/mol. The Morgan fingerprint density at radius 3 is 1.88 bits per heavy atom. The zero-order valence-electron chi connectivity index (χ0n) is 26.6. The Hall–Kier alpha value is -6.30. The van der Waals surface area contributed by atoms with Gasteiger partial charge in [0.2, 0.25) is 0 Å². The molecule has 0 saturated heterocycles. The van der Waals surface area contributed by atoms with Crippen LogP contribution in [0.1, 0.15) is 22.3 Å². The van der Waals surface area contributed by atoms with Gasteiger partial charge in [-0.1, -0.05) is 84.9 Å². The number of rotatable bonds is 2. The van der Waals surface area contributed by atoms with E-state index in [-0.39, 0.29) is 0 Å². The van der Waals surface area contributed by atoms with Crippen molar-refractivity contribution in [3.05, 3.63) is 180 Å². The van der Waals surface area contributed by atoms with E-state index in [0.29, 0.717) is 0 Å². The van der Waals surface area contributed by atoms with E-state index in [2.05, 4.69) is 155 Å². The summed E-state index contributed by atoms with van der Waals surface area (Å²) >= 11 is 1.88. The molecule has 10 aromatic rings. The Morgan fingerprint density at radius 1 is 0.480 bits per heavy atom. The van der Waals surface area contributed by atoms with E-state index in [1.165, 1.54) is 53.1 Å². The molecule has 1 aliphatic carbocycles. The van der Waals surface area contributed by atoms with E-state index >= 15 is 0 Å². The van der Waals surface area contributed by atoms with Gasteiger partial charge < -0.3 is 18.3 Å². The lowest BCUT2D eigenvalue weighted by molar-refractivity contribution is 0.525. The highest BCUT2D eigenvalue weighted by molar-refractivity contribution is 7.26. The summed E-state index contributed by atoms with van der Waals surface area (Å²) in [4.78, 5) is 2.47. The first-order valence-corrected chi connectivity index (χ1v) is 17.7. The number of nitrogens with zero attached hydrogens (tertiary/aromatic N) is 2. The van der Waals surface area contributed by atoms with E-state index in [9.17, 15) is 0 Å². The Bertz CT molecular complexity index is 2930. The molecule has 0 unspecified atom stereocenters. The average Bonchev–Trinajstić information content (AvgIpc) is 3.99. The number of anilines is 3. The maximum Gasteiger partial charge on any atom is 0.174 e. The maximum absolute atomic E-state index is 6.22. The Labute approximate surface area is 290 Å². The predicted octanol–water partition coefficient (Wildman–Crippen LogP) is 12.5. The fourth-order valence-electron chi connectivity index (χ4n) is 9.09. The smallest absolute Gasteiger partial charge is 0.174 e. The van der Waals surface area contributed by atoms with Crippen LogP contribution in [0.4, 0.5) is 17.1 Å². The minimum Gasteiger partial charge on any atom is -0.461 e. The molecule has 12 rings (SSSR count). The van der Waals surface area contributed by atoms with Gasteiger partial charge in [-0.2, -0.15) is 0 Å². The lowest BCUT2D eigenvalue weighted by atomic mass is 9.65. The lowest BCUT2D eigenvalue weighted by Crippen LogP contribution is -2.36. The number of para-hydroxylation sites is 3. The molecule has 0 amide bonds. The van der Waals surface area contributed by atoms with Gasteiger partial charge in [-0.25, -0.2) is 0 Å². The first kappa shape index (κ1) is 26.6. The topological polar surface area (TPSA) is 34.5 Å². The van der Waals surface area contributed by atoms with E-state index in [0.717, 1.165) is 45.4 Å². The van der Waals surface area contributed by atoms with Gasteiger partial charge in [0.1, 0.15) is 0 Å². The molecule has 4 nitrogen and oxygen atoms in total. The van der Waals surface area contributed by atoms with E-state index in [1.807, 2.05) is 23.9 Å². The standard InChI is InChI=1S/C45H26N2O2S/c1-5-16-36-29(12-1)30-13-2-6-17-37(30)46(36)27-10-9-11-28(26-27)47-38-18-7-4-15-33(38)45(34-22-24-48-42(34)43-35(45)23-25-49-43)41-39(47)21-20-32-31-14-3-8-19-40(31)50-44(32)41/h1-26H. The number of aromatic nitrogens is 1. The molecule has 5 heteroatoms. The number of hydrogen-bond donors (Lipinski definition) is 0. The van der Waals surface area contributed by atoms with Gasteiger partial charge in [0.05, 0.1) is 40.3 Å². The summed E-state index contributed by atoms with van der Waals surface area (Å²) in [6.45, 7) is 0. The van der Waals surface area contributed by atoms with Crippen molar-refractivity contribution >= 4 is 70.4 Å². The second-order valence-electron chi connectivity index (χ2n) is 13.3. The molecule has 2 aliphatic rings. The van der Waals surface area contributed by atoms with Crippen LogP contribution in [0.3, 0.4) is 0 Å². The molecular formula is C45H26N2O2S. The van der Waals surface area contributed by atoms with E-state index in [4.69, 9.17) is 8.83 Å². The van der Waals surface area contributed by atoms with Gasteiger partial charge in [-0.15, -0.1) is 11.3 Å². The van der Waals surface area contributed by atoms with Crippen molar-refractivity contribution in [3.63, 3.8) is 0 Å². The van der Waals surface area contributed by atoms with E-state index in [1.54, 1.807) is 0 Å². The summed E-state index contributed by atoms with van der Waals surface area (Å²) in [7, 11) is 0. The van der Waals surface area contributed by atoms with Crippen molar-refractivity contribution in [2.75, 3.05) is 4.90 Å². The van der Waals surface area contributed by atoms with Crippen molar-refractivity contribution in [1.82, 2.24) is 4.57 Å². The Balaban J connectivity index is 1.20. The van der Waals surface area contributed by atoms with Gasteiger partial charge in [-0.3, -0.25) is 0 Å². The van der Waals surface area contributed by atoms with Gasteiger partial charge in [0.25, 0.3) is 0 Å². The first-order chi connectivity index (χ1) is 24.8. The molecule has 50 heavy (non-hydrogen) atoms. The van der Waals surface area contributed by atoms with Crippen LogP contribution in [-0.2, 0) is 5.41 Å². The van der Waals surface area contributed by atoms with Crippen molar-refractivity contribution in [2.24, 2.45) is 0 Å². The highest BCUT2D eigenvalue weighted by Gasteiger charge is 2.55. The minimum absolute atomic E-state index is 0.613. The molecule has 1 spiro atoms. The summed E-state index contributed by atoms with van der Waals surface area (Å²) in [5.74, 6) is 1.62. The van der Waals surface area contributed by atoms with Crippen molar-refractivity contribution < 1.29 is 8.83 Å². The highest BCUT2D eigenvalue weighted by Crippen LogP contribution is 2.66. The molecule has 1 aliphatic heterocycles. The summed E-state index contributed by atoms with van der Waals surface area (Å²) in [6.07, 6.45) is 3.62. The molecule has 0 radical (unpaired) electrons. The van der Waals surface area contributed by atoms with Crippen LogP contribution in [0.5, 0.6) is 0 Å². The van der Waals surface area contributed by atoms with Gasteiger partial charge in [0, 0.05) is 59.0 Å². The second-order valence-corrected chi connectivity index (χ2v) is 14.3. The highest BCUT2D eigenvalue weighted by atomic mass is 32.1. The molecule has 0 bridgehead atoms. The van der Waals surface area contributed by atoms with Gasteiger partial charge in [-0.05, 0) is 66.2 Å². The van der Waals surface area contributed by atoms with Crippen LogP contribution >= 0.6 is 11.3 Å². The van der Waals surface area contributed by atoms with Gasteiger partial charge in [0.15, 0.2) is 11.5 Å². The monoisotopic (exact) mass is 658 g/mol. The summed E-state index contributed by atoms with van der Waals surface area (Å²) in [5.41, 5.74) is 11.0. The van der Waals surface area contributed by atoms with Crippen molar-refractivity contribution in [2.45, 2.75) is 5.41 Å². The third-order valence-corrected chi connectivity index (χ3v) is 12.2. The number of furan rings is 2. The second kappa shape index (κ2) is 9.44. The fourth-order valence-corrected chi connectivity index (χ4v) is 10.4. The number of hydrogen-bond acceptors (Lipinski definition) is 4. The first-order valence-electron chi connectivity index (χ1n) is 16.9. The number of fused-ring (bicyclic) bond motifs is 16. The lowest BCUT2D eigenvalue weighted by Gasteiger charge is -2.44. The molecule has 0 fully saturated rings. The molecule has 234 valence electrons. The quantitative estimate of drug-likeness (QED) is 0.185. The third kappa shape index (κ3) is 3.12. The molecule has 0 atom stereocenters. The van der Waals surface area contributed by atoms with Crippen LogP contribution < -0.4 is 4.90 Å². The minimum atomic E-state index is -0.613. The zero-order chi connectivity index (χ0) is 32.6. The molecule has 5 heterocycles. The summed E-state index contributed by atoms with van der Waals surface area (Å²) in [6, 6.07) is 53.0. The number of thiophene rings is 1. The molecule has 0 N–H and O–H groups in total. The molecule has 4 aromatic heterocycles. The van der Waals surface area contributed by atoms with Crippen LogP contribution in [0.2, 0.25) is 0 Å². The van der Waals surface area contributed by atoms with E-state index < -0.39 is 5.41 Å². The van der Waals surface area contributed by atoms with Gasteiger partial charge >= 0.3 is 0 Å². The van der Waals surface area contributed by atoms with Crippen LogP contribution in [0.25, 0.3) is 59.2 Å². The SMILES string of the molecule is c1cc(N2c3ccccc3C3(c4ccoc4-c4occc43)c3c2ccc2c3sc3ccccc32)cc(-n2c3ccccc3c3ccccc32)c1. The molecule has 0 saturated carbocycles. The Kier molecular flexibility index (Phi) is 5.03. The fraction of sp³-hybridized carbons (Fsp3) is 0.0222. The van der Waals surface area contributed by atoms with Crippen LogP contribution in [-0.4, -0.2) is 4.57 Å². The maximum atomic E-state index is 6.22. The largest absolute Gasteiger partial charge is 0.461 e.